The third-order valence-electron chi connectivity index (χ3n) is 6.11. The molecule has 39 heavy (non-hydrogen) atoms. The number of methoxy groups -OCH3 is 1. The fourth-order valence-corrected chi connectivity index (χ4v) is 5.71. The summed E-state index contributed by atoms with van der Waals surface area (Å²) in [5.41, 5.74) is 2.33. The van der Waals surface area contributed by atoms with Crippen molar-refractivity contribution in [2.45, 2.75) is 43.8 Å². The number of thioether (sulfide) groups is 1. The second-order valence-corrected chi connectivity index (χ2v) is 10.8. The first-order valence-corrected chi connectivity index (χ1v) is 14.8. The van der Waals surface area contributed by atoms with Crippen molar-refractivity contribution in [2.24, 2.45) is 0 Å². The number of carbonyl (C=O) groups excluding carboxylic acids is 2. The molecule has 0 aliphatic carbocycles. The number of thiophene rings is 1. The van der Waals surface area contributed by atoms with Crippen LogP contribution in [0.15, 0.2) is 76.0 Å². The van der Waals surface area contributed by atoms with Gasteiger partial charge in [-0.2, -0.15) is 0 Å². The van der Waals surface area contributed by atoms with Crippen LogP contribution in [0.2, 0.25) is 0 Å². The Labute approximate surface area is 235 Å². The minimum Gasteiger partial charge on any atom is -0.495 e. The molecule has 2 N–H and O–H groups in total. The summed E-state index contributed by atoms with van der Waals surface area (Å²) in [6, 6.07) is 19.1. The van der Waals surface area contributed by atoms with Crippen molar-refractivity contribution in [1.82, 2.24) is 14.9 Å². The molecule has 4 rings (SSSR count). The van der Waals surface area contributed by atoms with Gasteiger partial charge < -0.3 is 15.4 Å². The number of para-hydroxylation sites is 2. The molecule has 4 aromatic rings. The predicted molar refractivity (Wildman–Crippen MR) is 158 cm³/mol. The smallest absolute Gasteiger partial charge is 0.272 e. The topological polar surface area (TPSA) is 102 Å². The van der Waals surface area contributed by atoms with E-state index >= 15 is 0 Å². The number of carbonyl (C=O) groups is 2. The zero-order chi connectivity index (χ0) is 27.5. The lowest BCUT2D eigenvalue weighted by atomic mass is 10.1. The van der Waals surface area contributed by atoms with Crippen LogP contribution in [0.25, 0.3) is 10.2 Å². The van der Waals surface area contributed by atoms with Crippen LogP contribution in [0.4, 0.5) is 5.69 Å². The summed E-state index contributed by atoms with van der Waals surface area (Å²) >= 11 is 2.61. The number of unbranched alkanes of at least 4 members (excludes halogenated alkanes) is 2. The van der Waals surface area contributed by atoms with Crippen molar-refractivity contribution in [3.63, 3.8) is 0 Å². The van der Waals surface area contributed by atoms with Crippen LogP contribution in [0.3, 0.4) is 0 Å². The van der Waals surface area contributed by atoms with Gasteiger partial charge >= 0.3 is 0 Å². The standard InChI is InChI=1S/C29H32N4O4S2/c1-37-24-13-8-7-12-22(24)31-26(35)20-39-29-32-23-16-19-38-27(23)28(36)33(29)18-9-3-6-14-25(34)30-17-15-21-10-4-2-5-11-21/h2,4-5,7-8,10-13,16,19H,3,6,9,14-15,17-18,20H2,1H3,(H,30,34)(H,31,35). The van der Waals surface area contributed by atoms with E-state index in [1.165, 1.54) is 28.7 Å². The van der Waals surface area contributed by atoms with Crippen LogP contribution in [0, 0.1) is 0 Å². The molecule has 0 aliphatic rings. The monoisotopic (exact) mass is 564 g/mol. The molecule has 0 saturated heterocycles. The normalized spacial score (nSPS) is 10.9. The van der Waals surface area contributed by atoms with Gasteiger partial charge in [0.2, 0.25) is 11.8 Å². The van der Waals surface area contributed by atoms with E-state index in [4.69, 9.17) is 4.74 Å². The van der Waals surface area contributed by atoms with Crippen LogP contribution in [0.1, 0.15) is 31.2 Å². The van der Waals surface area contributed by atoms with E-state index in [0.29, 0.717) is 46.3 Å². The van der Waals surface area contributed by atoms with Gasteiger partial charge in [0.05, 0.1) is 24.1 Å². The van der Waals surface area contributed by atoms with Crippen LogP contribution in [-0.2, 0) is 22.6 Å². The molecule has 2 aromatic heterocycles. The molecule has 2 heterocycles. The Kier molecular flexibility index (Phi) is 10.6. The number of anilines is 1. The lowest BCUT2D eigenvalue weighted by Crippen LogP contribution is -2.25. The van der Waals surface area contributed by atoms with Crippen molar-refractivity contribution >= 4 is 50.8 Å². The van der Waals surface area contributed by atoms with E-state index in [9.17, 15) is 14.4 Å². The average Bonchev–Trinajstić information content (AvgIpc) is 3.43. The summed E-state index contributed by atoms with van der Waals surface area (Å²) in [5, 5.41) is 8.19. The fourth-order valence-electron chi connectivity index (χ4n) is 4.11. The Hall–Kier alpha value is -3.63. The molecule has 10 heteroatoms. The lowest BCUT2D eigenvalue weighted by Gasteiger charge is -2.13. The zero-order valence-electron chi connectivity index (χ0n) is 21.9. The van der Waals surface area contributed by atoms with Gasteiger partial charge in [-0.3, -0.25) is 19.0 Å². The minimum absolute atomic E-state index is 0.0436. The highest BCUT2D eigenvalue weighted by atomic mass is 32.2. The first-order valence-electron chi connectivity index (χ1n) is 12.9. The molecule has 0 unspecified atom stereocenters. The van der Waals surface area contributed by atoms with E-state index in [-0.39, 0.29) is 23.1 Å². The third kappa shape index (κ3) is 8.18. The Morgan fingerprint density at radius 2 is 1.79 bits per heavy atom. The maximum atomic E-state index is 13.2. The summed E-state index contributed by atoms with van der Waals surface area (Å²) in [7, 11) is 1.55. The quantitative estimate of drug-likeness (QED) is 0.125. The van der Waals surface area contributed by atoms with Crippen LogP contribution in [-0.4, -0.2) is 40.8 Å². The van der Waals surface area contributed by atoms with E-state index in [1.54, 1.807) is 23.8 Å². The number of amides is 2. The summed E-state index contributed by atoms with van der Waals surface area (Å²) in [6.07, 6.45) is 3.54. The molecular weight excluding hydrogens is 532 g/mol. The van der Waals surface area contributed by atoms with Gasteiger partial charge in [-0.15, -0.1) is 11.3 Å². The van der Waals surface area contributed by atoms with E-state index in [0.717, 1.165) is 25.7 Å². The molecule has 0 bridgehead atoms. The van der Waals surface area contributed by atoms with Crippen LogP contribution >= 0.6 is 23.1 Å². The second kappa shape index (κ2) is 14.5. The summed E-state index contributed by atoms with van der Waals surface area (Å²) in [5.74, 6) is 0.509. The van der Waals surface area contributed by atoms with Gasteiger partial charge in [-0.05, 0) is 48.4 Å². The average molecular weight is 565 g/mol. The molecule has 0 saturated carbocycles. The van der Waals surface area contributed by atoms with Crippen molar-refractivity contribution < 1.29 is 14.3 Å². The predicted octanol–water partition coefficient (Wildman–Crippen LogP) is 5.12. The Bertz CT molecular complexity index is 1450. The van der Waals surface area contributed by atoms with Crippen LogP contribution in [0.5, 0.6) is 5.75 Å². The molecule has 0 radical (unpaired) electrons. The number of benzene rings is 2. The Morgan fingerprint density at radius 3 is 2.62 bits per heavy atom. The number of fused-ring (bicyclic) bond motifs is 1. The van der Waals surface area contributed by atoms with E-state index < -0.39 is 0 Å². The number of rotatable bonds is 14. The maximum absolute atomic E-state index is 13.2. The largest absolute Gasteiger partial charge is 0.495 e. The number of hydrogen-bond acceptors (Lipinski definition) is 7. The summed E-state index contributed by atoms with van der Waals surface area (Å²) < 4.78 is 7.56. The third-order valence-corrected chi connectivity index (χ3v) is 7.98. The molecule has 0 fully saturated rings. The van der Waals surface area contributed by atoms with Gasteiger partial charge in [0.25, 0.3) is 5.56 Å². The van der Waals surface area contributed by atoms with E-state index in [2.05, 4.69) is 27.8 Å². The fraction of sp³-hybridized carbons (Fsp3) is 0.310. The molecular formula is C29H32N4O4S2. The Morgan fingerprint density at radius 1 is 1.00 bits per heavy atom. The Balaban J connectivity index is 1.27. The van der Waals surface area contributed by atoms with Crippen molar-refractivity contribution in [3.8, 4) is 5.75 Å². The molecule has 204 valence electrons. The number of aromatic nitrogens is 2. The molecule has 0 atom stereocenters. The van der Waals surface area contributed by atoms with Gasteiger partial charge in [-0.1, -0.05) is 60.6 Å². The SMILES string of the molecule is COc1ccccc1NC(=O)CSc1nc2ccsc2c(=O)n1CCCCCC(=O)NCCc1ccccc1. The molecule has 0 spiro atoms. The van der Waals surface area contributed by atoms with Crippen molar-refractivity contribution in [3.05, 3.63) is 82.0 Å². The van der Waals surface area contributed by atoms with E-state index in [1.807, 2.05) is 41.8 Å². The highest BCUT2D eigenvalue weighted by Crippen LogP contribution is 2.25. The van der Waals surface area contributed by atoms with Gasteiger partial charge in [-0.25, -0.2) is 4.98 Å². The summed E-state index contributed by atoms with van der Waals surface area (Å²) in [4.78, 5) is 42.7. The van der Waals surface area contributed by atoms with Crippen LogP contribution < -0.4 is 20.9 Å². The molecule has 2 amide bonds. The first-order chi connectivity index (χ1) is 19.0. The minimum atomic E-state index is -0.214. The van der Waals surface area contributed by atoms with Crippen molar-refractivity contribution in [1.29, 1.82) is 0 Å². The van der Waals surface area contributed by atoms with Crippen molar-refractivity contribution in [2.75, 3.05) is 24.7 Å². The van der Waals surface area contributed by atoms with Gasteiger partial charge in [0.1, 0.15) is 10.4 Å². The second-order valence-electron chi connectivity index (χ2n) is 8.92. The zero-order valence-corrected chi connectivity index (χ0v) is 23.5. The molecule has 2 aromatic carbocycles. The number of ether oxygens (including phenoxy) is 1. The number of hydrogen-bond donors (Lipinski definition) is 2. The van der Waals surface area contributed by atoms with Gasteiger partial charge in [0.15, 0.2) is 5.16 Å². The van der Waals surface area contributed by atoms with Gasteiger partial charge in [0, 0.05) is 19.5 Å². The maximum Gasteiger partial charge on any atom is 0.272 e. The number of nitrogens with zero attached hydrogens (tertiary/aromatic N) is 2. The summed E-state index contributed by atoms with van der Waals surface area (Å²) in [6.45, 7) is 1.10. The highest BCUT2D eigenvalue weighted by molar-refractivity contribution is 7.99. The lowest BCUT2D eigenvalue weighted by molar-refractivity contribution is -0.121. The first kappa shape index (κ1) is 28.4. The molecule has 8 nitrogen and oxygen atoms in total. The number of nitrogens with one attached hydrogen (secondary N) is 2. The highest BCUT2D eigenvalue weighted by Gasteiger charge is 2.15. The molecule has 0 aliphatic heterocycles.